The summed E-state index contributed by atoms with van der Waals surface area (Å²) >= 11 is 3.40. The molecule has 0 aliphatic carbocycles. The normalized spacial score (nSPS) is 24.6. The average molecular weight is 264 g/mol. The highest BCUT2D eigenvalue weighted by Gasteiger charge is 2.32. The largest absolute Gasteiger partial charge is 0.379 e. The lowest BCUT2D eigenvalue weighted by Crippen LogP contribution is -2.47. The summed E-state index contributed by atoms with van der Waals surface area (Å²) in [6.07, 6.45) is 0.930. The van der Waals surface area contributed by atoms with Crippen LogP contribution in [-0.2, 0) is 9.53 Å². The van der Waals surface area contributed by atoms with E-state index in [2.05, 4.69) is 15.9 Å². The number of hydrogen-bond donors (Lipinski definition) is 0. The topological polar surface area (TPSA) is 29.5 Å². The van der Waals surface area contributed by atoms with E-state index in [1.165, 1.54) is 0 Å². The summed E-state index contributed by atoms with van der Waals surface area (Å²) in [7, 11) is 0. The maximum absolute atomic E-state index is 12.0. The minimum atomic E-state index is -0.467. The summed E-state index contributed by atoms with van der Waals surface area (Å²) in [5, 5.41) is 0. The first kappa shape index (κ1) is 12.0. The van der Waals surface area contributed by atoms with Crippen molar-refractivity contribution in [2.24, 2.45) is 0 Å². The molecule has 1 saturated heterocycles. The predicted octanol–water partition coefficient (Wildman–Crippen LogP) is 1.80. The van der Waals surface area contributed by atoms with Gasteiger partial charge in [0, 0.05) is 13.2 Å². The molecule has 1 atom stereocenters. The number of rotatable bonds is 1. The SMILES string of the molecule is CC1COCCCN1C(=O)C(C)(C)Br. The van der Waals surface area contributed by atoms with Crippen molar-refractivity contribution < 1.29 is 9.53 Å². The first-order chi connectivity index (χ1) is 6.43. The Balaban J connectivity index is 2.69. The minimum absolute atomic E-state index is 0.149. The third kappa shape index (κ3) is 2.95. The average Bonchev–Trinajstić information content (AvgIpc) is 2.27. The third-order valence-corrected chi connectivity index (χ3v) is 2.69. The fourth-order valence-corrected chi connectivity index (χ4v) is 1.77. The van der Waals surface area contributed by atoms with Crippen LogP contribution in [0.4, 0.5) is 0 Å². The van der Waals surface area contributed by atoms with Crippen LogP contribution in [0.3, 0.4) is 0 Å². The number of ether oxygens (including phenoxy) is 1. The standard InChI is InChI=1S/C10H18BrNO2/c1-8-7-14-6-4-5-12(8)9(13)10(2,3)11/h8H,4-7H2,1-3H3. The van der Waals surface area contributed by atoms with E-state index in [1.807, 2.05) is 25.7 Å². The van der Waals surface area contributed by atoms with Crippen molar-refractivity contribution in [3.05, 3.63) is 0 Å². The molecule has 1 aliphatic rings. The zero-order valence-electron chi connectivity index (χ0n) is 9.05. The lowest BCUT2D eigenvalue weighted by molar-refractivity contribution is -0.134. The second-order valence-corrected chi connectivity index (χ2v) is 6.23. The maximum atomic E-state index is 12.0. The number of amides is 1. The van der Waals surface area contributed by atoms with Crippen LogP contribution in [0.2, 0.25) is 0 Å². The van der Waals surface area contributed by atoms with Gasteiger partial charge in [-0.05, 0) is 27.2 Å². The van der Waals surface area contributed by atoms with E-state index >= 15 is 0 Å². The van der Waals surface area contributed by atoms with Gasteiger partial charge in [0.15, 0.2) is 0 Å². The number of halogens is 1. The van der Waals surface area contributed by atoms with Gasteiger partial charge in [0.2, 0.25) is 5.91 Å². The number of carbonyl (C=O) groups is 1. The van der Waals surface area contributed by atoms with Crippen molar-refractivity contribution in [3.8, 4) is 0 Å². The monoisotopic (exact) mass is 263 g/mol. The molecule has 82 valence electrons. The van der Waals surface area contributed by atoms with Crippen molar-refractivity contribution in [2.75, 3.05) is 19.8 Å². The Labute approximate surface area is 93.9 Å². The van der Waals surface area contributed by atoms with Crippen molar-refractivity contribution >= 4 is 21.8 Å². The van der Waals surface area contributed by atoms with Gasteiger partial charge in [-0.15, -0.1) is 0 Å². The minimum Gasteiger partial charge on any atom is -0.379 e. The number of hydrogen-bond acceptors (Lipinski definition) is 2. The van der Waals surface area contributed by atoms with Crippen LogP contribution < -0.4 is 0 Å². The summed E-state index contributed by atoms with van der Waals surface area (Å²) in [5.41, 5.74) is 0. The second-order valence-electron chi connectivity index (χ2n) is 4.25. The molecule has 0 aromatic carbocycles. The molecule has 1 unspecified atom stereocenters. The van der Waals surface area contributed by atoms with Crippen LogP contribution >= 0.6 is 15.9 Å². The molecule has 1 fully saturated rings. The summed E-state index contributed by atoms with van der Waals surface area (Å²) in [6, 6.07) is 0.182. The first-order valence-electron chi connectivity index (χ1n) is 5.00. The first-order valence-corrected chi connectivity index (χ1v) is 5.80. The molecular formula is C10H18BrNO2. The number of nitrogens with zero attached hydrogens (tertiary/aromatic N) is 1. The van der Waals surface area contributed by atoms with E-state index in [-0.39, 0.29) is 11.9 Å². The van der Waals surface area contributed by atoms with Gasteiger partial charge in [-0.2, -0.15) is 0 Å². The summed E-state index contributed by atoms with van der Waals surface area (Å²) < 4.78 is 4.92. The van der Waals surface area contributed by atoms with Gasteiger partial charge in [0.1, 0.15) is 0 Å². The predicted molar refractivity (Wildman–Crippen MR) is 59.6 cm³/mol. The zero-order chi connectivity index (χ0) is 10.8. The van der Waals surface area contributed by atoms with E-state index in [0.717, 1.165) is 19.6 Å². The number of alkyl halides is 1. The van der Waals surface area contributed by atoms with E-state index in [9.17, 15) is 4.79 Å². The Kier molecular flexibility index (Phi) is 3.95. The van der Waals surface area contributed by atoms with Crippen LogP contribution in [-0.4, -0.2) is 40.9 Å². The van der Waals surface area contributed by atoms with Crippen molar-refractivity contribution in [1.82, 2.24) is 4.90 Å². The quantitative estimate of drug-likeness (QED) is 0.676. The van der Waals surface area contributed by atoms with E-state index < -0.39 is 4.32 Å². The molecule has 0 N–H and O–H groups in total. The van der Waals surface area contributed by atoms with Gasteiger partial charge in [-0.3, -0.25) is 4.79 Å². The zero-order valence-corrected chi connectivity index (χ0v) is 10.6. The molecule has 4 heteroatoms. The van der Waals surface area contributed by atoms with Gasteiger partial charge in [-0.25, -0.2) is 0 Å². The molecule has 0 aromatic rings. The number of carbonyl (C=O) groups excluding carboxylic acids is 1. The van der Waals surface area contributed by atoms with Gasteiger partial charge in [0.25, 0.3) is 0 Å². The smallest absolute Gasteiger partial charge is 0.239 e. The Bertz CT molecular complexity index is 213. The molecule has 14 heavy (non-hydrogen) atoms. The highest BCUT2D eigenvalue weighted by molar-refractivity contribution is 9.10. The molecule has 0 spiro atoms. The van der Waals surface area contributed by atoms with Gasteiger partial charge in [0.05, 0.1) is 17.0 Å². The Morgan fingerprint density at radius 3 is 2.79 bits per heavy atom. The van der Waals surface area contributed by atoms with Crippen molar-refractivity contribution in [1.29, 1.82) is 0 Å². The molecule has 0 aromatic heterocycles. The van der Waals surface area contributed by atoms with Crippen LogP contribution in [0, 0.1) is 0 Å². The summed E-state index contributed by atoms with van der Waals surface area (Å²) in [5.74, 6) is 0.149. The molecule has 1 rings (SSSR count). The van der Waals surface area contributed by atoms with E-state index in [1.54, 1.807) is 0 Å². The van der Waals surface area contributed by atoms with Crippen molar-refractivity contribution in [3.63, 3.8) is 0 Å². The molecule has 1 aliphatic heterocycles. The van der Waals surface area contributed by atoms with Crippen molar-refractivity contribution in [2.45, 2.75) is 37.6 Å². The van der Waals surface area contributed by atoms with E-state index in [4.69, 9.17) is 4.74 Å². The van der Waals surface area contributed by atoms with Crippen LogP contribution in [0.5, 0.6) is 0 Å². The van der Waals surface area contributed by atoms with Crippen LogP contribution in [0.1, 0.15) is 27.2 Å². The molecule has 3 nitrogen and oxygen atoms in total. The fraction of sp³-hybridized carbons (Fsp3) is 0.900. The molecule has 0 saturated carbocycles. The molecule has 0 radical (unpaired) electrons. The second kappa shape index (κ2) is 4.62. The highest BCUT2D eigenvalue weighted by Crippen LogP contribution is 2.21. The molecule has 0 bridgehead atoms. The Morgan fingerprint density at radius 1 is 1.57 bits per heavy atom. The van der Waals surface area contributed by atoms with Crippen LogP contribution in [0.25, 0.3) is 0 Å². The summed E-state index contributed by atoms with van der Waals surface area (Å²) in [6.45, 7) is 8.00. The lowest BCUT2D eigenvalue weighted by atomic mass is 10.1. The Morgan fingerprint density at radius 2 is 2.21 bits per heavy atom. The summed E-state index contributed by atoms with van der Waals surface area (Å²) in [4.78, 5) is 13.9. The molecular weight excluding hydrogens is 246 g/mol. The lowest BCUT2D eigenvalue weighted by Gasteiger charge is -2.31. The van der Waals surface area contributed by atoms with Gasteiger partial charge < -0.3 is 9.64 Å². The molecule has 1 amide bonds. The van der Waals surface area contributed by atoms with Crippen LogP contribution in [0.15, 0.2) is 0 Å². The Hall–Kier alpha value is -0.0900. The van der Waals surface area contributed by atoms with Gasteiger partial charge in [-0.1, -0.05) is 15.9 Å². The molecule has 1 heterocycles. The third-order valence-electron chi connectivity index (χ3n) is 2.35. The van der Waals surface area contributed by atoms with E-state index in [0.29, 0.717) is 6.61 Å². The van der Waals surface area contributed by atoms with Gasteiger partial charge >= 0.3 is 0 Å². The fourth-order valence-electron chi connectivity index (χ4n) is 1.54. The maximum Gasteiger partial charge on any atom is 0.239 e. The highest BCUT2D eigenvalue weighted by atomic mass is 79.9.